The maximum Gasteiger partial charge on any atom is 0.102 e. The fraction of sp³-hybridized carbons (Fsp3) is 0. The van der Waals surface area contributed by atoms with Gasteiger partial charge in [0.15, 0.2) is 0 Å². The van der Waals surface area contributed by atoms with Crippen LogP contribution in [0, 0.1) is 18.0 Å². The summed E-state index contributed by atoms with van der Waals surface area (Å²) in [6, 6.07) is 19.2. The Morgan fingerprint density at radius 2 is 1.18 bits per heavy atom. The van der Waals surface area contributed by atoms with Gasteiger partial charge in [-0.1, -0.05) is 60.7 Å². The van der Waals surface area contributed by atoms with Crippen LogP contribution in [0.1, 0.15) is 11.1 Å². The fourth-order valence-electron chi connectivity index (χ4n) is 1.47. The van der Waals surface area contributed by atoms with Crippen molar-refractivity contribution in [1.29, 1.82) is 0 Å². The third kappa shape index (κ3) is 3.41. The highest BCUT2D eigenvalue weighted by Gasteiger charge is 2.06. The van der Waals surface area contributed by atoms with E-state index in [1.165, 1.54) is 5.01 Å². The second-order valence-corrected chi connectivity index (χ2v) is 3.54. The first-order valence-corrected chi connectivity index (χ1v) is 5.30. The van der Waals surface area contributed by atoms with E-state index in [1.807, 2.05) is 60.7 Å². The van der Waals surface area contributed by atoms with E-state index in [9.17, 15) is 4.91 Å². The number of hydrogen-bond acceptors (Lipinski definition) is 2. The molecule has 2 aromatic carbocycles. The molecule has 0 amide bonds. The minimum Gasteiger partial charge on any atom is -0.241 e. The first kappa shape index (κ1) is 11.3. The quantitative estimate of drug-likeness (QED) is 0.576. The van der Waals surface area contributed by atoms with Crippen molar-refractivity contribution >= 4 is 0 Å². The first-order valence-electron chi connectivity index (χ1n) is 5.30. The molecule has 0 N–H and O–H groups in total. The minimum atomic E-state index is 0.930. The van der Waals surface area contributed by atoms with Crippen LogP contribution in [-0.4, -0.2) is 5.01 Å². The molecule has 3 nitrogen and oxygen atoms in total. The van der Waals surface area contributed by atoms with E-state index in [2.05, 4.69) is 5.29 Å². The van der Waals surface area contributed by atoms with Crippen molar-refractivity contribution in [3.05, 3.63) is 89.8 Å². The first-order chi connectivity index (χ1) is 8.38. The van der Waals surface area contributed by atoms with E-state index in [0.717, 1.165) is 11.1 Å². The summed E-state index contributed by atoms with van der Waals surface area (Å²) in [4.78, 5) is 10.7. The normalized spacial score (nSPS) is 9.88. The van der Waals surface area contributed by atoms with Crippen LogP contribution in [0.4, 0.5) is 0 Å². The highest BCUT2D eigenvalue weighted by Crippen LogP contribution is 2.13. The molecule has 0 saturated carbocycles. The summed E-state index contributed by atoms with van der Waals surface area (Å²) in [5, 5.41) is 4.22. The van der Waals surface area contributed by atoms with Crippen molar-refractivity contribution < 1.29 is 0 Å². The van der Waals surface area contributed by atoms with Crippen LogP contribution < -0.4 is 0 Å². The molecule has 17 heavy (non-hydrogen) atoms. The molecule has 0 bridgehead atoms. The molecule has 0 aromatic heterocycles. The van der Waals surface area contributed by atoms with Gasteiger partial charge in [-0.25, -0.2) is 5.01 Å². The highest BCUT2D eigenvalue weighted by atomic mass is 16.3. The molecular weight excluding hydrogens is 212 g/mol. The molecule has 0 saturated heterocycles. The van der Waals surface area contributed by atoms with Gasteiger partial charge >= 0.3 is 0 Å². The average Bonchev–Trinajstić information content (AvgIpc) is 2.40. The molecule has 2 rings (SSSR count). The standard InChI is InChI=1S/C14H12N2O/c17-15-16(11-13-7-3-1-4-8-13)12-14-9-5-2-6-10-14/h1-12H. The Kier molecular flexibility index (Phi) is 3.86. The van der Waals surface area contributed by atoms with E-state index in [4.69, 9.17) is 0 Å². The zero-order valence-electron chi connectivity index (χ0n) is 9.23. The fourth-order valence-corrected chi connectivity index (χ4v) is 1.47. The van der Waals surface area contributed by atoms with E-state index < -0.39 is 0 Å². The van der Waals surface area contributed by atoms with Crippen LogP contribution in [0.2, 0.25) is 0 Å². The molecule has 84 valence electrons. The van der Waals surface area contributed by atoms with Gasteiger partial charge in [-0.3, -0.25) is 0 Å². The molecule has 0 unspecified atom stereocenters. The lowest BCUT2D eigenvalue weighted by molar-refractivity contribution is 0.452. The van der Waals surface area contributed by atoms with Crippen molar-refractivity contribution in [2.24, 2.45) is 5.29 Å². The Bertz CT molecular complexity index is 415. The molecule has 3 heteroatoms. The summed E-state index contributed by atoms with van der Waals surface area (Å²) in [5.74, 6) is 0. The predicted molar refractivity (Wildman–Crippen MR) is 67.3 cm³/mol. The number of hydrogen-bond donors (Lipinski definition) is 0. The van der Waals surface area contributed by atoms with Gasteiger partial charge in [0.2, 0.25) is 0 Å². The third-order valence-corrected chi connectivity index (χ3v) is 2.26. The molecule has 0 atom stereocenters. The van der Waals surface area contributed by atoms with Crippen LogP contribution in [-0.2, 0) is 0 Å². The van der Waals surface area contributed by atoms with Crippen LogP contribution >= 0.6 is 0 Å². The van der Waals surface area contributed by atoms with E-state index in [1.54, 1.807) is 13.1 Å². The molecule has 0 heterocycles. The van der Waals surface area contributed by atoms with Gasteiger partial charge in [-0.2, -0.15) is 0 Å². The summed E-state index contributed by atoms with van der Waals surface area (Å²) < 4.78 is 0. The summed E-state index contributed by atoms with van der Waals surface area (Å²) in [7, 11) is 0. The van der Waals surface area contributed by atoms with Crippen LogP contribution in [0.25, 0.3) is 0 Å². The maximum atomic E-state index is 10.7. The van der Waals surface area contributed by atoms with E-state index >= 15 is 0 Å². The number of rotatable bonds is 5. The molecule has 0 spiro atoms. The summed E-state index contributed by atoms with van der Waals surface area (Å²) in [6.07, 6.45) is 0. The largest absolute Gasteiger partial charge is 0.241 e. The highest BCUT2D eigenvalue weighted by molar-refractivity contribution is 5.26. The van der Waals surface area contributed by atoms with Gasteiger partial charge < -0.3 is 0 Å². The average molecular weight is 224 g/mol. The zero-order chi connectivity index (χ0) is 11.9. The molecule has 2 radical (unpaired) electrons. The Labute approximate surface area is 101 Å². The van der Waals surface area contributed by atoms with Gasteiger partial charge in [0.25, 0.3) is 0 Å². The van der Waals surface area contributed by atoms with Crippen molar-refractivity contribution in [1.82, 2.24) is 5.01 Å². The number of nitrogens with zero attached hydrogens (tertiary/aromatic N) is 2. The van der Waals surface area contributed by atoms with Gasteiger partial charge in [-0.05, 0) is 11.1 Å². The Morgan fingerprint density at radius 3 is 1.53 bits per heavy atom. The smallest absolute Gasteiger partial charge is 0.102 e. The van der Waals surface area contributed by atoms with Crippen molar-refractivity contribution in [3.63, 3.8) is 0 Å². The molecule has 2 aromatic rings. The predicted octanol–water partition coefficient (Wildman–Crippen LogP) is 3.39. The minimum absolute atomic E-state index is 0.930. The Hall–Kier alpha value is -2.16. The van der Waals surface area contributed by atoms with Crippen LogP contribution in [0.3, 0.4) is 0 Å². The number of nitroso groups, excluding NO2 is 1. The van der Waals surface area contributed by atoms with Crippen LogP contribution in [0.5, 0.6) is 0 Å². The molecule has 0 fully saturated rings. The summed E-state index contributed by atoms with van der Waals surface area (Å²) >= 11 is 0. The van der Waals surface area contributed by atoms with Crippen molar-refractivity contribution in [2.75, 3.05) is 0 Å². The van der Waals surface area contributed by atoms with Gasteiger partial charge in [-0.15, -0.1) is 4.91 Å². The van der Waals surface area contributed by atoms with E-state index in [-0.39, 0.29) is 0 Å². The van der Waals surface area contributed by atoms with E-state index in [0.29, 0.717) is 0 Å². The Morgan fingerprint density at radius 1 is 0.765 bits per heavy atom. The molecule has 0 aliphatic heterocycles. The maximum absolute atomic E-state index is 10.7. The lowest BCUT2D eigenvalue weighted by Crippen LogP contribution is -2.11. The monoisotopic (exact) mass is 224 g/mol. The molecule has 0 aliphatic rings. The summed E-state index contributed by atoms with van der Waals surface area (Å²) in [6.45, 7) is 3.36. The zero-order valence-corrected chi connectivity index (χ0v) is 9.23. The van der Waals surface area contributed by atoms with Crippen molar-refractivity contribution in [3.8, 4) is 0 Å². The lowest BCUT2D eigenvalue weighted by Gasteiger charge is -2.13. The van der Waals surface area contributed by atoms with Gasteiger partial charge in [0.1, 0.15) is 13.1 Å². The third-order valence-electron chi connectivity index (χ3n) is 2.26. The molecular formula is C14H12N2O. The second-order valence-electron chi connectivity index (χ2n) is 3.54. The topological polar surface area (TPSA) is 32.7 Å². The van der Waals surface area contributed by atoms with Gasteiger partial charge in [0.05, 0.1) is 5.29 Å². The number of benzene rings is 2. The summed E-state index contributed by atoms with van der Waals surface area (Å²) in [5.41, 5.74) is 1.86. The van der Waals surface area contributed by atoms with Crippen LogP contribution in [0.15, 0.2) is 65.9 Å². The second kappa shape index (κ2) is 5.80. The van der Waals surface area contributed by atoms with Gasteiger partial charge in [0, 0.05) is 0 Å². The SMILES string of the molecule is O=NN([CH]c1ccccc1)[CH]c1ccccc1. The van der Waals surface area contributed by atoms with Crippen molar-refractivity contribution in [2.45, 2.75) is 0 Å². The lowest BCUT2D eigenvalue weighted by atomic mass is 10.2. The Balaban J connectivity index is 2.01. The molecule has 0 aliphatic carbocycles.